The zero-order chi connectivity index (χ0) is 17.6. The molecule has 2 aromatic heterocycles. The first-order chi connectivity index (χ1) is 12.0. The van der Waals surface area contributed by atoms with Gasteiger partial charge in [-0.2, -0.15) is 5.10 Å². The minimum Gasteiger partial charge on any atom is -0.503 e. The van der Waals surface area contributed by atoms with E-state index >= 15 is 0 Å². The molecule has 0 aliphatic heterocycles. The molecular formula is C18H10ClF2N3O. The van der Waals surface area contributed by atoms with Crippen LogP contribution in [0.3, 0.4) is 0 Å². The van der Waals surface area contributed by atoms with Gasteiger partial charge in [0.1, 0.15) is 5.52 Å². The molecular weight excluding hydrogens is 348 g/mol. The van der Waals surface area contributed by atoms with Gasteiger partial charge in [-0.25, -0.2) is 18.4 Å². The van der Waals surface area contributed by atoms with Crippen LogP contribution in [0.2, 0.25) is 5.02 Å². The number of aromatic hydroxyl groups is 1. The van der Waals surface area contributed by atoms with E-state index in [1.165, 1.54) is 10.9 Å². The number of phenols is 1. The van der Waals surface area contributed by atoms with Crippen molar-refractivity contribution in [1.82, 2.24) is 14.8 Å². The highest BCUT2D eigenvalue weighted by molar-refractivity contribution is 6.30. The molecule has 0 radical (unpaired) electrons. The molecule has 25 heavy (non-hydrogen) atoms. The molecule has 0 bridgehead atoms. The SMILES string of the molecule is Oc1c(F)cc2cnn(-c3ccc(-c4ccc(Cl)cc4)cn3)c2c1F. The van der Waals surface area contributed by atoms with Gasteiger partial charge in [-0.15, -0.1) is 0 Å². The number of halogens is 3. The molecule has 0 aliphatic rings. The van der Waals surface area contributed by atoms with Crippen LogP contribution in [0.1, 0.15) is 0 Å². The normalized spacial score (nSPS) is 11.2. The van der Waals surface area contributed by atoms with E-state index in [0.29, 0.717) is 10.8 Å². The Morgan fingerprint density at radius 2 is 1.68 bits per heavy atom. The summed E-state index contributed by atoms with van der Waals surface area (Å²) in [5, 5.41) is 14.4. The van der Waals surface area contributed by atoms with E-state index in [4.69, 9.17) is 11.6 Å². The molecule has 0 aliphatic carbocycles. The lowest BCUT2D eigenvalue weighted by Crippen LogP contribution is -2.01. The van der Waals surface area contributed by atoms with Crippen molar-refractivity contribution in [3.8, 4) is 22.7 Å². The highest BCUT2D eigenvalue weighted by Crippen LogP contribution is 2.30. The maximum absolute atomic E-state index is 14.2. The Labute approximate surface area is 145 Å². The van der Waals surface area contributed by atoms with Gasteiger partial charge in [0.15, 0.2) is 23.2 Å². The van der Waals surface area contributed by atoms with Gasteiger partial charge in [0.05, 0.1) is 6.20 Å². The van der Waals surface area contributed by atoms with Crippen LogP contribution in [0.25, 0.3) is 27.8 Å². The third-order valence-corrected chi connectivity index (χ3v) is 4.12. The van der Waals surface area contributed by atoms with Gasteiger partial charge in [-0.3, -0.25) is 0 Å². The van der Waals surface area contributed by atoms with Crippen molar-refractivity contribution in [3.05, 3.63) is 71.5 Å². The Morgan fingerprint density at radius 3 is 2.36 bits per heavy atom. The molecule has 4 rings (SSSR count). The fourth-order valence-electron chi connectivity index (χ4n) is 2.61. The van der Waals surface area contributed by atoms with E-state index in [1.54, 1.807) is 30.5 Å². The highest BCUT2D eigenvalue weighted by Gasteiger charge is 2.18. The second-order valence-corrected chi connectivity index (χ2v) is 5.86. The third kappa shape index (κ3) is 2.60. The van der Waals surface area contributed by atoms with Crippen molar-refractivity contribution in [2.24, 2.45) is 0 Å². The number of fused-ring (bicyclic) bond motifs is 1. The second-order valence-electron chi connectivity index (χ2n) is 5.43. The number of pyridine rings is 1. The van der Waals surface area contributed by atoms with Crippen LogP contribution in [0.4, 0.5) is 8.78 Å². The molecule has 4 aromatic rings. The smallest absolute Gasteiger partial charge is 0.194 e. The quantitative estimate of drug-likeness (QED) is 0.564. The Kier molecular flexibility index (Phi) is 3.62. The average Bonchev–Trinajstić information content (AvgIpc) is 3.04. The lowest BCUT2D eigenvalue weighted by molar-refractivity contribution is 0.399. The molecule has 0 atom stereocenters. The van der Waals surface area contributed by atoms with Crippen molar-refractivity contribution in [3.63, 3.8) is 0 Å². The van der Waals surface area contributed by atoms with Crippen molar-refractivity contribution in [1.29, 1.82) is 0 Å². The molecule has 0 saturated heterocycles. The van der Waals surface area contributed by atoms with Crippen LogP contribution >= 0.6 is 11.6 Å². The van der Waals surface area contributed by atoms with Gasteiger partial charge in [0.25, 0.3) is 0 Å². The van der Waals surface area contributed by atoms with Crippen LogP contribution in [0, 0.1) is 11.6 Å². The summed E-state index contributed by atoms with van der Waals surface area (Å²) < 4.78 is 28.9. The van der Waals surface area contributed by atoms with Gasteiger partial charge >= 0.3 is 0 Å². The number of phenolic OH excluding ortho intramolecular Hbond substituents is 1. The molecule has 0 amide bonds. The topological polar surface area (TPSA) is 50.9 Å². The number of hydrogen-bond donors (Lipinski definition) is 1. The van der Waals surface area contributed by atoms with Crippen LogP contribution in [0.15, 0.2) is 54.9 Å². The first-order valence-electron chi connectivity index (χ1n) is 7.31. The molecule has 4 nitrogen and oxygen atoms in total. The minimum atomic E-state index is -1.07. The van der Waals surface area contributed by atoms with Crippen molar-refractivity contribution >= 4 is 22.5 Å². The number of benzene rings is 2. The van der Waals surface area contributed by atoms with Crippen molar-refractivity contribution < 1.29 is 13.9 Å². The fourth-order valence-corrected chi connectivity index (χ4v) is 2.73. The fraction of sp³-hybridized carbons (Fsp3) is 0. The van der Waals surface area contributed by atoms with E-state index in [2.05, 4.69) is 10.1 Å². The van der Waals surface area contributed by atoms with Crippen LogP contribution in [0.5, 0.6) is 5.75 Å². The summed E-state index contributed by atoms with van der Waals surface area (Å²) >= 11 is 5.88. The third-order valence-electron chi connectivity index (χ3n) is 3.86. The van der Waals surface area contributed by atoms with Crippen molar-refractivity contribution in [2.75, 3.05) is 0 Å². The number of hydrogen-bond acceptors (Lipinski definition) is 3. The van der Waals surface area contributed by atoms with Gasteiger partial charge in [-0.1, -0.05) is 23.7 Å². The first-order valence-corrected chi connectivity index (χ1v) is 7.69. The van der Waals surface area contributed by atoms with Gasteiger partial charge in [0, 0.05) is 22.2 Å². The summed E-state index contributed by atoms with van der Waals surface area (Å²) in [4.78, 5) is 4.29. The Morgan fingerprint density at radius 1 is 0.960 bits per heavy atom. The van der Waals surface area contributed by atoms with E-state index in [-0.39, 0.29) is 10.9 Å². The van der Waals surface area contributed by atoms with Gasteiger partial charge in [0.2, 0.25) is 0 Å². The monoisotopic (exact) mass is 357 g/mol. The molecule has 1 N–H and O–H groups in total. The Balaban J connectivity index is 1.79. The summed E-state index contributed by atoms with van der Waals surface area (Å²) in [6.07, 6.45) is 2.93. The summed E-state index contributed by atoms with van der Waals surface area (Å²) in [5.74, 6) is -2.80. The van der Waals surface area contributed by atoms with Crippen LogP contribution < -0.4 is 0 Å². The van der Waals surface area contributed by atoms with E-state index in [9.17, 15) is 13.9 Å². The lowest BCUT2D eigenvalue weighted by atomic mass is 10.1. The average molecular weight is 358 g/mol. The summed E-state index contributed by atoms with van der Waals surface area (Å²) in [7, 11) is 0. The lowest BCUT2D eigenvalue weighted by Gasteiger charge is -2.07. The number of nitrogens with zero attached hydrogens (tertiary/aromatic N) is 3. The van der Waals surface area contributed by atoms with Gasteiger partial charge in [-0.05, 0) is 35.9 Å². The molecule has 7 heteroatoms. The van der Waals surface area contributed by atoms with Crippen molar-refractivity contribution in [2.45, 2.75) is 0 Å². The van der Waals surface area contributed by atoms with E-state index < -0.39 is 17.4 Å². The molecule has 0 saturated carbocycles. The first kappa shape index (κ1) is 15.5. The van der Waals surface area contributed by atoms with Gasteiger partial charge < -0.3 is 5.11 Å². The summed E-state index contributed by atoms with van der Waals surface area (Å²) in [6.45, 7) is 0. The second kappa shape index (κ2) is 5.82. The zero-order valence-electron chi connectivity index (χ0n) is 12.6. The summed E-state index contributed by atoms with van der Waals surface area (Å²) in [5.41, 5.74) is 1.75. The molecule has 0 spiro atoms. The predicted molar refractivity (Wildman–Crippen MR) is 90.9 cm³/mol. The number of aromatic nitrogens is 3. The van der Waals surface area contributed by atoms with Crippen LogP contribution in [-0.2, 0) is 0 Å². The minimum absolute atomic E-state index is 0.0364. The predicted octanol–water partition coefficient (Wildman–Crippen LogP) is 4.72. The summed E-state index contributed by atoms with van der Waals surface area (Å²) in [6, 6.07) is 11.8. The zero-order valence-corrected chi connectivity index (χ0v) is 13.4. The highest BCUT2D eigenvalue weighted by atomic mass is 35.5. The number of rotatable bonds is 2. The maximum Gasteiger partial charge on any atom is 0.194 e. The van der Waals surface area contributed by atoms with E-state index in [1.807, 2.05) is 12.1 Å². The maximum atomic E-state index is 14.2. The Hall–Kier alpha value is -2.99. The molecule has 2 aromatic carbocycles. The Bertz CT molecular complexity index is 1080. The van der Waals surface area contributed by atoms with Crippen LogP contribution in [-0.4, -0.2) is 19.9 Å². The molecule has 0 fully saturated rings. The molecule has 124 valence electrons. The molecule has 0 unspecified atom stereocenters. The van der Waals surface area contributed by atoms with E-state index in [0.717, 1.165) is 17.2 Å². The standard InChI is InChI=1S/C18H10ClF2N3O/c19-13-4-1-10(2-5-13)11-3-6-15(22-8-11)24-17-12(9-23-24)7-14(20)18(25)16(17)21/h1-9,25H. The molecule has 2 heterocycles. The largest absolute Gasteiger partial charge is 0.503 e.